The van der Waals surface area contributed by atoms with Crippen LogP contribution in [-0.2, 0) is 4.79 Å². The van der Waals surface area contributed by atoms with E-state index in [1.807, 2.05) is 0 Å². The van der Waals surface area contributed by atoms with Gasteiger partial charge in [-0.05, 0) is 52.9 Å². The summed E-state index contributed by atoms with van der Waals surface area (Å²) < 4.78 is 0. The van der Waals surface area contributed by atoms with Crippen LogP contribution in [0.2, 0.25) is 0 Å². The van der Waals surface area contributed by atoms with Crippen LogP contribution >= 0.6 is 0 Å². The van der Waals surface area contributed by atoms with E-state index in [2.05, 4.69) is 39.1 Å². The molecule has 1 aliphatic heterocycles. The summed E-state index contributed by atoms with van der Waals surface area (Å²) in [6.07, 6.45) is 1.78. The second-order valence-corrected chi connectivity index (χ2v) is 6.74. The fraction of sp³-hybridized carbons (Fsp3) is 0.857. The highest BCUT2D eigenvalue weighted by Crippen LogP contribution is 2.44. The molecule has 1 fully saturated rings. The van der Waals surface area contributed by atoms with Crippen molar-refractivity contribution in [3.05, 3.63) is 0 Å². The molecule has 1 atom stereocenters. The number of piperidine rings is 1. The molecule has 1 saturated heterocycles. The molecule has 1 rings (SSSR count). The zero-order valence-corrected chi connectivity index (χ0v) is 12.0. The average Bonchev–Trinajstić information content (AvgIpc) is 2.14. The topological polar surface area (TPSA) is 73.1 Å². The van der Waals surface area contributed by atoms with Crippen molar-refractivity contribution >= 4 is 5.97 Å². The van der Waals surface area contributed by atoms with E-state index in [4.69, 9.17) is 0 Å². The molecule has 0 bridgehead atoms. The van der Waals surface area contributed by atoms with Crippen LogP contribution in [0.1, 0.15) is 53.9 Å². The monoisotopic (exact) mass is 252 g/mol. The number of nitrogens with zero attached hydrogens (tertiary/aromatic N) is 1. The first-order chi connectivity index (χ1) is 8.08. The molecule has 0 aromatic carbocycles. The van der Waals surface area contributed by atoms with E-state index < -0.39 is 11.4 Å². The predicted octanol–water partition coefficient (Wildman–Crippen LogP) is 2.55. The highest BCUT2D eigenvalue weighted by atomic mass is 16.4. The maximum atomic E-state index is 11.6. The quantitative estimate of drug-likeness (QED) is 0.809. The number of carbonyl (C=O) groups is 1. The van der Waals surface area contributed by atoms with Gasteiger partial charge in [0, 0.05) is 11.1 Å². The molecule has 0 amide bonds. The number of hydrogen-bond donors (Lipinski definition) is 2. The number of nitriles is 1. The molecule has 0 aromatic heterocycles. The summed E-state index contributed by atoms with van der Waals surface area (Å²) in [5.41, 5.74) is -1.53. The zero-order chi connectivity index (χ0) is 14.2. The molecular formula is C14H24N2O2. The number of carboxylic acids is 1. The predicted molar refractivity (Wildman–Crippen MR) is 70.0 cm³/mol. The lowest BCUT2D eigenvalue weighted by Crippen LogP contribution is -2.60. The Hall–Kier alpha value is -1.08. The minimum absolute atomic E-state index is 0.115. The molecule has 4 nitrogen and oxygen atoms in total. The highest BCUT2D eigenvalue weighted by molar-refractivity contribution is 5.78. The molecule has 1 aliphatic rings. The number of carboxylic acid groups (broad SMARTS) is 1. The Morgan fingerprint density at radius 2 is 1.83 bits per heavy atom. The molecule has 0 radical (unpaired) electrons. The van der Waals surface area contributed by atoms with E-state index in [1.54, 1.807) is 6.92 Å². The molecule has 0 aliphatic carbocycles. The normalized spacial score (nSPS) is 26.0. The molecular weight excluding hydrogens is 228 g/mol. The Morgan fingerprint density at radius 3 is 2.11 bits per heavy atom. The minimum atomic E-state index is -1.25. The molecule has 0 spiro atoms. The average molecular weight is 252 g/mol. The molecule has 102 valence electrons. The van der Waals surface area contributed by atoms with Crippen LogP contribution in [0.5, 0.6) is 0 Å². The van der Waals surface area contributed by atoms with Gasteiger partial charge in [-0.1, -0.05) is 6.92 Å². The number of nitrogens with one attached hydrogen (secondary N) is 1. The van der Waals surface area contributed by atoms with Crippen LogP contribution in [-0.4, -0.2) is 22.2 Å². The summed E-state index contributed by atoms with van der Waals surface area (Å²) >= 11 is 0. The Bertz CT molecular complexity index is 366. The Balaban J connectivity index is 3.15. The molecule has 2 N–H and O–H groups in total. The van der Waals surface area contributed by atoms with Crippen molar-refractivity contribution in [1.82, 2.24) is 5.32 Å². The van der Waals surface area contributed by atoms with E-state index in [0.29, 0.717) is 19.3 Å². The van der Waals surface area contributed by atoms with Gasteiger partial charge in [-0.3, -0.25) is 4.79 Å². The van der Waals surface area contributed by atoms with Crippen LogP contribution in [0.3, 0.4) is 0 Å². The summed E-state index contributed by atoms with van der Waals surface area (Å²) in [5.74, 6) is -1.10. The van der Waals surface area contributed by atoms with Crippen molar-refractivity contribution in [1.29, 1.82) is 5.26 Å². The van der Waals surface area contributed by atoms with Gasteiger partial charge in [-0.15, -0.1) is 0 Å². The van der Waals surface area contributed by atoms with Crippen molar-refractivity contribution in [2.24, 2.45) is 11.3 Å². The van der Waals surface area contributed by atoms with E-state index >= 15 is 0 Å². The summed E-state index contributed by atoms with van der Waals surface area (Å²) in [4.78, 5) is 11.6. The van der Waals surface area contributed by atoms with Crippen LogP contribution < -0.4 is 5.32 Å². The van der Waals surface area contributed by atoms with Gasteiger partial charge in [0.25, 0.3) is 0 Å². The van der Waals surface area contributed by atoms with E-state index in [-0.39, 0.29) is 17.0 Å². The lowest BCUT2D eigenvalue weighted by molar-refractivity contribution is -0.150. The van der Waals surface area contributed by atoms with Gasteiger partial charge in [0.15, 0.2) is 5.41 Å². The maximum Gasteiger partial charge on any atom is 0.324 e. The number of rotatable bonds is 3. The van der Waals surface area contributed by atoms with Crippen LogP contribution in [0.4, 0.5) is 0 Å². The van der Waals surface area contributed by atoms with Gasteiger partial charge in [-0.25, -0.2) is 0 Å². The summed E-state index contributed by atoms with van der Waals surface area (Å²) in [6.45, 7) is 10.1. The maximum absolute atomic E-state index is 11.6. The van der Waals surface area contributed by atoms with Crippen molar-refractivity contribution < 1.29 is 9.90 Å². The first-order valence-electron chi connectivity index (χ1n) is 6.52. The van der Waals surface area contributed by atoms with Gasteiger partial charge in [-0.2, -0.15) is 5.26 Å². The lowest BCUT2D eigenvalue weighted by atomic mass is 9.63. The fourth-order valence-corrected chi connectivity index (χ4v) is 3.50. The third-order valence-corrected chi connectivity index (χ3v) is 4.03. The fourth-order valence-electron chi connectivity index (χ4n) is 3.50. The molecule has 0 saturated carbocycles. The highest BCUT2D eigenvalue weighted by Gasteiger charge is 2.51. The Labute approximate surface area is 109 Å². The number of hydrogen-bond acceptors (Lipinski definition) is 3. The summed E-state index contributed by atoms with van der Waals surface area (Å²) in [5, 5.41) is 22.4. The van der Waals surface area contributed by atoms with E-state index in [9.17, 15) is 15.2 Å². The molecule has 1 heterocycles. The van der Waals surface area contributed by atoms with Crippen LogP contribution in [0.25, 0.3) is 0 Å². The van der Waals surface area contributed by atoms with Crippen molar-refractivity contribution in [2.75, 3.05) is 0 Å². The van der Waals surface area contributed by atoms with Crippen LogP contribution in [0.15, 0.2) is 0 Å². The van der Waals surface area contributed by atoms with Gasteiger partial charge in [0.05, 0.1) is 6.07 Å². The standard InChI is InChI=1S/C14H24N2O2/c1-6-14(9-15,11(17)18)10-7-12(2,3)16-13(4,5)8-10/h10,16H,6-8H2,1-5H3,(H,17,18)/t14-/m0/s1. The molecule has 4 heteroatoms. The van der Waals surface area contributed by atoms with Crippen molar-refractivity contribution in [3.63, 3.8) is 0 Å². The molecule has 18 heavy (non-hydrogen) atoms. The van der Waals surface area contributed by atoms with Gasteiger partial charge >= 0.3 is 5.97 Å². The van der Waals surface area contributed by atoms with Gasteiger partial charge in [0.1, 0.15) is 0 Å². The van der Waals surface area contributed by atoms with Crippen molar-refractivity contribution in [3.8, 4) is 6.07 Å². The van der Waals surface area contributed by atoms with Crippen LogP contribution in [0, 0.1) is 22.7 Å². The second kappa shape index (κ2) is 4.55. The summed E-state index contributed by atoms with van der Waals surface area (Å²) in [7, 11) is 0. The SMILES string of the molecule is CC[C@@](C#N)(C(=O)O)C1CC(C)(C)NC(C)(C)C1. The molecule has 0 unspecified atom stereocenters. The third kappa shape index (κ3) is 2.67. The lowest BCUT2D eigenvalue weighted by Gasteiger charge is -2.49. The van der Waals surface area contributed by atoms with E-state index in [1.165, 1.54) is 0 Å². The first-order valence-corrected chi connectivity index (χ1v) is 6.52. The van der Waals surface area contributed by atoms with E-state index in [0.717, 1.165) is 0 Å². The van der Waals surface area contributed by atoms with Gasteiger partial charge < -0.3 is 10.4 Å². The second-order valence-electron chi connectivity index (χ2n) is 6.74. The largest absolute Gasteiger partial charge is 0.480 e. The number of aliphatic carboxylic acids is 1. The van der Waals surface area contributed by atoms with Crippen molar-refractivity contribution in [2.45, 2.75) is 65.0 Å². The Kier molecular flexibility index (Phi) is 3.78. The zero-order valence-electron chi connectivity index (χ0n) is 12.0. The smallest absolute Gasteiger partial charge is 0.324 e. The summed E-state index contributed by atoms with van der Waals surface area (Å²) in [6, 6.07) is 2.08. The third-order valence-electron chi connectivity index (χ3n) is 4.03. The first kappa shape index (κ1) is 15.0. The van der Waals surface area contributed by atoms with Gasteiger partial charge in [0.2, 0.25) is 0 Å². The Morgan fingerprint density at radius 1 is 1.39 bits per heavy atom. The molecule has 0 aromatic rings. The minimum Gasteiger partial charge on any atom is -0.480 e.